The fourth-order valence-corrected chi connectivity index (χ4v) is 2.56. The van der Waals surface area contributed by atoms with Crippen molar-refractivity contribution in [1.82, 2.24) is 9.97 Å². The summed E-state index contributed by atoms with van der Waals surface area (Å²) in [5, 5.41) is 3.36. The molecule has 0 saturated carbocycles. The lowest BCUT2D eigenvalue weighted by Gasteiger charge is -2.22. The number of aromatic nitrogens is 2. The molecule has 0 aliphatic heterocycles. The summed E-state index contributed by atoms with van der Waals surface area (Å²) in [5.41, 5.74) is 1.95. The Hall–Kier alpha value is -2.30. The molecule has 2 aromatic rings. The van der Waals surface area contributed by atoms with Crippen LogP contribution in [0.1, 0.15) is 39.3 Å². The lowest BCUT2D eigenvalue weighted by atomic mass is 10.3. The highest BCUT2D eigenvalue weighted by Gasteiger charge is 2.10. The third-order valence-electron chi connectivity index (χ3n) is 3.55. The van der Waals surface area contributed by atoms with Gasteiger partial charge >= 0.3 is 0 Å². The monoisotopic (exact) mass is 328 g/mol. The maximum atomic E-state index is 5.47. The number of hydrogen-bond donors (Lipinski definition) is 1. The van der Waals surface area contributed by atoms with Gasteiger partial charge in [-0.1, -0.05) is 13.8 Å². The molecule has 0 saturated heterocycles. The maximum absolute atomic E-state index is 5.47. The van der Waals surface area contributed by atoms with Crippen molar-refractivity contribution in [2.24, 2.45) is 0 Å². The highest BCUT2D eigenvalue weighted by molar-refractivity contribution is 5.58. The Kier molecular flexibility index (Phi) is 6.85. The van der Waals surface area contributed by atoms with Gasteiger partial charge in [0.15, 0.2) is 0 Å². The topological polar surface area (TPSA) is 50.3 Å². The highest BCUT2D eigenvalue weighted by atomic mass is 16.5. The molecule has 0 aliphatic rings. The van der Waals surface area contributed by atoms with E-state index in [9.17, 15) is 0 Å². The molecule has 5 heteroatoms. The molecule has 0 fully saturated rings. The molecule has 0 unspecified atom stereocenters. The van der Waals surface area contributed by atoms with Crippen molar-refractivity contribution in [3.8, 4) is 5.75 Å². The van der Waals surface area contributed by atoms with Crippen molar-refractivity contribution in [1.29, 1.82) is 0 Å². The van der Waals surface area contributed by atoms with Crippen molar-refractivity contribution < 1.29 is 4.74 Å². The summed E-state index contributed by atoms with van der Waals surface area (Å²) in [7, 11) is 0. The number of nitrogens with zero attached hydrogens (tertiary/aromatic N) is 3. The van der Waals surface area contributed by atoms with Crippen LogP contribution in [0.15, 0.2) is 30.3 Å². The quantitative estimate of drug-likeness (QED) is 0.731. The first-order chi connectivity index (χ1) is 11.7. The van der Waals surface area contributed by atoms with E-state index < -0.39 is 0 Å². The molecule has 0 spiro atoms. The molecule has 0 radical (unpaired) electrons. The van der Waals surface area contributed by atoms with Gasteiger partial charge in [-0.15, -0.1) is 0 Å². The standard InChI is InChI=1S/C19H28N4O/c1-5-12-23(13-6-2)19-20-15(4)14-18(22-19)21-16-8-10-17(11-9-16)24-7-3/h8-11,14H,5-7,12-13H2,1-4H3,(H,20,21,22). The summed E-state index contributed by atoms with van der Waals surface area (Å²) in [6.07, 6.45) is 2.16. The Balaban J connectivity index is 2.17. The first-order valence-corrected chi connectivity index (χ1v) is 8.76. The molecule has 2 rings (SSSR count). The van der Waals surface area contributed by atoms with Gasteiger partial charge in [0.25, 0.3) is 0 Å². The first kappa shape index (κ1) is 18.0. The fourth-order valence-electron chi connectivity index (χ4n) is 2.56. The highest BCUT2D eigenvalue weighted by Crippen LogP contribution is 2.21. The van der Waals surface area contributed by atoms with Crippen molar-refractivity contribution in [2.45, 2.75) is 40.5 Å². The predicted molar refractivity (Wildman–Crippen MR) is 100 cm³/mol. The first-order valence-electron chi connectivity index (χ1n) is 8.76. The van der Waals surface area contributed by atoms with Crippen LogP contribution in [0.5, 0.6) is 5.75 Å². The summed E-state index contributed by atoms with van der Waals surface area (Å²) >= 11 is 0. The second-order valence-electron chi connectivity index (χ2n) is 5.76. The molecule has 5 nitrogen and oxygen atoms in total. The SMILES string of the molecule is CCCN(CCC)c1nc(C)cc(Nc2ccc(OCC)cc2)n1. The van der Waals surface area contributed by atoms with Crippen molar-refractivity contribution in [3.05, 3.63) is 36.0 Å². The Morgan fingerprint density at radius 1 is 1.00 bits per heavy atom. The van der Waals surface area contributed by atoms with E-state index in [-0.39, 0.29) is 0 Å². The van der Waals surface area contributed by atoms with E-state index in [2.05, 4.69) is 29.0 Å². The largest absolute Gasteiger partial charge is 0.494 e. The fraction of sp³-hybridized carbons (Fsp3) is 0.474. The van der Waals surface area contributed by atoms with Gasteiger partial charge in [0, 0.05) is 30.5 Å². The third-order valence-corrected chi connectivity index (χ3v) is 3.55. The minimum absolute atomic E-state index is 0.673. The maximum Gasteiger partial charge on any atom is 0.227 e. The average Bonchev–Trinajstić information content (AvgIpc) is 2.56. The Labute approximate surface area is 145 Å². The molecule has 1 N–H and O–H groups in total. The van der Waals surface area contributed by atoms with Crippen LogP contribution in [-0.2, 0) is 0 Å². The van der Waals surface area contributed by atoms with Gasteiger partial charge < -0.3 is 15.0 Å². The van der Waals surface area contributed by atoms with Gasteiger partial charge in [0.05, 0.1) is 6.61 Å². The second kappa shape index (κ2) is 9.11. The second-order valence-corrected chi connectivity index (χ2v) is 5.76. The van der Waals surface area contributed by atoms with Gasteiger partial charge in [-0.25, -0.2) is 4.98 Å². The van der Waals surface area contributed by atoms with Crippen LogP contribution >= 0.6 is 0 Å². The minimum Gasteiger partial charge on any atom is -0.494 e. The van der Waals surface area contributed by atoms with Crippen LogP contribution in [0, 0.1) is 6.92 Å². The van der Waals surface area contributed by atoms with E-state index in [0.29, 0.717) is 6.61 Å². The van der Waals surface area contributed by atoms with E-state index in [0.717, 1.165) is 54.8 Å². The zero-order valence-corrected chi connectivity index (χ0v) is 15.2. The molecule has 0 aliphatic carbocycles. The molecule has 0 bridgehead atoms. The smallest absolute Gasteiger partial charge is 0.227 e. The Bertz CT molecular complexity index is 622. The third kappa shape index (κ3) is 5.11. The van der Waals surface area contributed by atoms with E-state index in [1.54, 1.807) is 0 Å². The lowest BCUT2D eigenvalue weighted by molar-refractivity contribution is 0.340. The number of aryl methyl sites for hydroxylation is 1. The summed E-state index contributed by atoms with van der Waals surface area (Å²) in [4.78, 5) is 11.6. The number of hydrogen-bond acceptors (Lipinski definition) is 5. The van der Waals surface area contributed by atoms with Crippen LogP contribution in [-0.4, -0.2) is 29.7 Å². The Morgan fingerprint density at radius 2 is 1.67 bits per heavy atom. The van der Waals surface area contributed by atoms with E-state index in [4.69, 9.17) is 9.72 Å². The number of nitrogens with one attached hydrogen (secondary N) is 1. The van der Waals surface area contributed by atoms with Crippen molar-refractivity contribution >= 4 is 17.5 Å². The zero-order chi connectivity index (χ0) is 17.4. The van der Waals surface area contributed by atoms with Gasteiger partial charge in [0.1, 0.15) is 11.6 Å². The summed E-state index contributed by atoms with van der Waals surface area (Å²) < 4.78 is 5.47. The van der Waals surface area contributed by atoms with E-state index in [1.807, 2.05) is 44.2 Å². The molecule has 1 aromatic heterocycles. The predicted octanol–water partition coefficient (Wildman–Crippen LogP) is 4.55. The average molecular weight is 328 g/mol. The summed E-state index contributed by atoms with van der Waals surface area (Å²) in [5.74, 6) is 2.49. The van der Waals surface area contributed by atoms with Crippen molar-refractivity contribution in [2.75, 3.05) is 29.9 Å². The van der Waals surface area contributed by atoms with Crippen LogP contribution < -0.4 is 15.0 Å². The zero-order valence-electron chi connectivity index (χ0n) is 15.2. The van der Waals surface area contributed by atoms with E-state index >= 15 is 0 Å². The number of anilines is 3. The van der Waals surface area contributed by atoms with Gasteiger partial charge in [-0.05, 0) is 51.0 Å². The molecule has 0 atom stereocenters. The number of ether oxygens (including phenoxy) is 1. The summed E-state index contributed by atoms with van der Waals surface area (Å²) in [6, 6.07) is 9.88. The molecule has 24 heavy (non-hydrogen) atoms. The van der Waals surface area contributed by atoms with E-state index in [1.165, 1.54) is 0 Å². The number of benzene rings is 1. The molecule has 1 aromatic carbocycles. The number of rotatable bonds is 9. The molecule has 0 amide bonds. The van der Waals surface area contributed by atoms with Crippen LogP contribution in [0.4, 0.5) is 17.5 Å². The molecular formula is C19H28N4O. The molecule has 1 heterocycles. The molecular weight excluding hydrogens is 300 g/mol. The van der Waals surface area contributed by atoms with Crippen molar-refractivity contribution in [3.63, 3.8) is 0 Å². The molecule has 130 valence electrons. The van der Waals surface area contributed by atoms with Gasteiger partial charge in [-0.2, -0.15) is 4.98 Å². The van der Waals surface area contributed by atoms with Gasteiger partial charge in [0.2, 0.25) is 5.95 Å². The van der Waals surface area contributed by atoms with Crippen LogP contribution in [0.2, 0.25) is 0 Å². The lowest BCUT2D eigenvalue weighted by Crippen LogP contribution is -2.27. The van der Waals surface area contributed by atoms with Gasteiger partial charge in [-0.3, -0.25) is 0 Å². The summed E-state index contributed by atoms with van der Waals surface area (Å²) in [6.45, 7) is 11.0. The normalized spacial score (nSPS) is 10.5. The minimum atomic E-state index is 0.673. The van der Waals surface area contributed by atoms with Crippen LogP contribution in [0.3, 0.4) is 0 Å². The van der Waals surface area contributed by atoms with Crippen LogP contribution in [0.25, 0.3) is 0 Å². The Morgan fingerprint density at radius 3 is 2.25 bits per heavy atom.